The van der Waals surface area contributed by atoms with Crippen molar-refractivity contribution in [1.29, 1.82) is 0 Å². The van der Waals surface area contributed by atoms with E-state index in [0.717, 1.165) is 35.0 Å². The van der Waals surface area contributed by atoms with E-state index in [-0.39, 0.29) is 22.8 Å². The summed E-state index contributed by atoms with van der Waals surface area (Å²) in [6, 6.07) is 14.0. The molecule has 1 aliphatic heterocycles. The first-order chi connectivity index (χ1) is 20.2. The van der Waals surface area contributed by atoms with Gasteiger partial charge in [0.25, 0.3) is 5.56 Å². The van der Waals surface area contributed by atoms with Gasteiger partial charge < -0.3 is 24.4 Å². The summed E-state index contributed by atoms with van der Waals surface area (Å²) in [5, 5.41) is 3.35. The summed E-state index contributed by atoms with van der Waals surface area (Å²) in [6.07, 6.45) is 1.34. The lowest BCUT2D eigenvalue weighted by molar-refractivity contribution is -0.122. The number of amides is 1. The molecule has 0 saturated carbocycles. The molecule has 3 heterocycles. The molecule has 0 spiro atoms. The number of fused-ring (bicyclic) bond motifs is 1. The van der Waals surface area contributed by atoms with Gasteiger partial charge in [-0.3, -0.25) is 14.2 Å². The summed E-state index contributed by atoms with van der Waals surface area (Å²) in [7, 11) is 4.10. The van der Waals surface area contributed by atoms with Gasteiger partial charge in [-0.15, -0.1) is 0 Å². The van der Waals surface area contributed by atoms with E-state index in [2.05, 4.69) is 15.3 Å². The number of benzene rings is 2. The van der Waals surface area contributed by atoms with Crippen molar-refractivity contribution in [3.63, 3.8) is 0 Å². The molecule has 2 aromatic heterocycles. The molecule has 42 heavy (non-hydrogen) atoms. The van der Waals surface area contributed by atoms with E-state index in [1.54, 1.807) is 18.2 Å². The van der Waals surface area contributed by atoms with Crippen molar-refractivity contribution in [2.75, 3.05) is 39.4 Å². The molecular weight excluding hydrogens is 568 g/mol. The van der Waals surface area contributed by atoms with Gasteiger partial charge in [-0.2, -0.15) is 8.78 Å². The monoisotopic (exact) mass is 599 g/mol. The maximum absolute atomic E-state index is 15.4. The molecule has 222 valence electrons. The third-order valence-electron chi connectivity index (χ3n) is 7.10. The highest BCUT2D eigenvalue weighted by Gasteiger charge is 2.39. The molecule has 4 aromatic rings. The smallest absolute Gasteiger partial charge is 0.327 e. The van der Waals surface area contributed by atoms with Crippen LogP contribution in [-0.2, 0) is 28.5 Å². The number of carbonyl (C=O) groups is 1. The molecule has 1 N–H and O–H groups in total. The molecule has 1 atom stereocenters. The van der Waals surface area contributed by atoms with Gasteiger partial charge in [0, 0.05) is 31.8 Å². The normalized spacial score (nSPS) is 15.3. The molecule has 5 rings (SSSR count). The van der Waals surface area contributed by atoms with Gasteiger partial charge in [0.1, 0.15) is 24.1 Å². The number of nitrogens with one attached hydrogen (secondary N) is 1. The molecule has 1 amide bonds. The van der Waals surface area contributed by atoms with Gasteiger partial charge in [-0.25, -0.2) is 9.97 Å². The Morgan fingerprint density at radius 1 is 1.12 bits per heavy atom. The Hall–Kier alpha value is -4.10. The molecular formula is C29H31F2N5O5S. The molecule has 1 saturated heterocycles. The number of thiazole rings is 1. The number of ether oxygens (including phenoxy) is 3. The summed E-state index contributed by atoms with van der Waals surface area (Å²) >= 11 is 1.02. The molecule has 2 aromatic carbocycles. The summed E-state index contributed by atoms with van der Waals surface area (Å²) in [5.74, 6) is -3.60. The quantitative estimate of drug-likeness (QED) is 0.276. The zero-order valence-electron chi connectivity index (χ0n) is 23.4. The fraction of sp³-hybridized carbons (Fsp3) is 0.379. The average molecular weight is 600 g/mol. The second-order valence-corrected chi connectivity index (χ2v) is 10.8. The number of anilines is 1. The van der Waals surface area contributed by atoms with Crippen LogP contribution in [0, 0.1) is 0 Å². The molecule has 0 aliphatic carbocycles. The third-order valence-corrected chi connectivity index (χ3v) is 8.08. The van der Waals surface area contributed by atoms with Gasteiger partial charge in [0.15, 0.2) is 21.3 Å². The van der Waals surface area contributed by atoms with Gasteiger partial charge >= 0.3 is 5.92 Å². The standard InChI is InChI=1S/C29H31F2N5O5S/c1-39-17-29(30,31)27-34-25-23(26(38)36(27)16-19-11-12-20(40-2)14-22(19)41-3)33-28(42-25)35-13-7-10-21(35)24(37)32-15-18-8-5-4-6-9-18/h4-6,8-9,11-12,14,21H,7,10,13,15-17H2,1-3H3,(H,32,37)/t21-/m1/s1. The number of alkyl halides is 2. The van der Waals surface area contributed by atoms with E-state index >= 15 is 8.78 Å². The van der Waals surface area contributed by atoms with Crippen molar-refractivity contribution in [1.82, 2.24) is 19.9 Å². The van der Waals surface area contributed by atoms with Crippen molar-refractivity contribution in [3.8, 4) is 11.5 Å². The Balaban J connectivity index is 1.51. The fourth-order valence-corrected chi connectivity index (χ4v) is 6.02. The first kappa shape index (κ1) is 29.4. The topological polar surface area (TPSA) is 108 Å². The maximum Gasteiger partial charge on any atom is 0.327 e. The number of rotatable bonds is 11. The van der Waals surface area contributed by atoms with E-state index in [0.29, 0.717) is 41.7 Å². The second kappa shape index (κ2) is 12.4. The largest absolute Gasteiger partial charge is 0.497 e. The van der Waals surface area contributed by atoms with Gasteiger partial charge in [0.2, 0.25) is 5.91 Å². The number of hydrogen-bond acceptors (Lipinski definition) is 9. The minimum atomic E-state index is -3.57. The van der Waals surface area contributed by atoms with Gasteiger partial charge in [-0.1, -0.05) is 41.7 Å². The summed E-state index contributed by atoms with van der Waals surface area (Å²) in [4.78, 5) is 37.5. The first-order valence-electron chi connectivity index (χ1n) is 13.3. The molecule has 0 radical (unpaired) electrons. The zero-order valence-corrected chi connectivity index (χ0v) is 24.2. The van der Waals surface area contributed by atoms with Crippen LogP contribution in [0.15, 0.2) is 53.3 Å². The number of nitrogens with zero attached hydrogens (tertiary/aromatic N) is 4. The lowest BCUT2D eigenvalue weighted by Gasteiger charge is -2.23. The summed E-state index contributed by atoms with van der Waals surface area (Å²) < 4.78 is 47.0. The SMILES string of the molecule is COCC(F)(F)c1nc2sc(N3CCC[C@@H]3C(=O)NCc3ccccc3)nc2c(=O)n1Cc1ccc(OC)cc1OC. The molecule has 0 bridgehead atoms. The van der Waals surface area contributed by atoms with Crippen LogP contribution in [0.2, 0.25) is 0 Å². The predicted molar refractivity (Wildman–Crippen MR) is 155 cm³/mol. The van der Waals surface area contributed by atoms with E-state index in [1.807, 2.05) is 35.2 Å². The molecule has 1 fully saturated rings. The highest BCUT2D eigenvalue weighted by molar-refractivity contribution is 7.21. The Bertz CT molecular complexity index is 1630. The van der Waals surface area contributed by atoms with Crippen LogP contribution < -0.4 is 25.2 Å². The van der Waals surface area contributed by atoms with E-state index in [4.69, 9.17) is 14.2 Å². The highest BCUT2D eigenvalue weighted by Crippen LogP contribution is 2.35. The van der Waals surface area contributed by atoms with Crippen molar-refractivity contribution in [2.24, 2.45) is 0 Å². The summed E-state index contributed by atoms with van der Waals surface area (Å²) in [6.45, 7) is -0.299. The van der Waals surface area contributed by atoms with Crippen molar-refractivity contribution in [3.05, 3.63) is 75.8 Å². The van der Waals surface area contributed by atoms with Crippen molar-refractivity contribution in [2.45, 2.75) is 37.9 Å². The Labute approximate surface area is 244 Å². The van der Waals surface area contributed by atoms with E-state index in [1.165, 1.54) is 14.2 Å². The number of aromatic nitrogens is 3. The number of carbonyl (C=O) groups excluding carboxylic acids is 1. The fourth-order valence-electron chi connectivity index (χ4n) is 5.02. The molecule has 1 aliphatic rings. The van der Waals surface area contributed by atoms with Gasteiger partial charge in [0.05, 0.1) is 20.8 Å². The number of methoxy groups -OCH3 is 3. The van der Waals surface area contributed by atoms with Crippen LogP contribution in [0.1, 0.15) is 29.8 Å². The summed E-state index contributed by atoms with van der Waals surface area (Å²) in [5.41, 5.74) is 0.671. The van der Waals surface area contributed by atoms with E-state index in [9.17, 15) is 9.59 Å². The number of halogens is 2. The average Bonchev–Trinajstić information content (AvgIpc) is 3.65. The highest BCUT2D eigenvalue weighted by atomic mass is 32.1. The third kappa shape index (κ3) is 5.93. The second-order valence-electron chi connectivity index (χ2n) is 9.85. The van der Waals surface area contributed by atoms with Crippen LogP contribution in [0.4, 0.5) is 13.9 Å². The van der Waals surface area contributed by atoms with Gasteiger partial charge in [-0.05, 0) is 30.5 Å². The number of hydrogen-bond donors (Lipinski definition) is 1. The van der Waals surface area contributed by atoms with Crippen LogP contribution >= 0.6 is 11.3 Å². The molecule has 0 unspecified atom stereocenters. The van der Waals surface area contributed by atoms with Crippen LogP contribution in [0.5, 0.6) is 11.5 Å². The Kier molecular flexibility index (Phi) is 8.69. The molecule has 13 heteroatoms. The zero-order chi connectivity index (χ0) is 29.9. The Morgan fingerprint density at radius 2 is 1.90 bits per heavy atom. The lowest BCUT2D eigenvalue weighted by Crippen LogP contribution is -2.43. The molecule has 10 nitrogen and oxygen atoms in total. The Morgan fingerprint density at radius 3 is 2.62 bits per heavy atom. The van der Waals surface area contributed by atoms with Crippen LogP contribution in [0.25, 0.3) is 10.3 Å². The minimum Gasteiger partial charge on any atom is -0.497 e. The lowest BCUT2D eigenvalue weighted by atomic mass is 10.1. The maximum atomic E-state index is 15.4. The van der Waals surface area contributed by atoms with Crippen molar-refractivity contribution >= 4 is 32.7 Å². The van der Waals surface area contributed by atoms with E-state index < -0.39 is 30.0 Å². The van der Waals surface area contributed by atoms with Crippen LogP contribution in [0.3, 0.4) is 0 Å². The van der Waals surface area contributed by atoms with Crippen LogP contribution in [-0.4, -0.2) is 61.0 Å². The van der Waals surface area contributed by atoms with Crippen molar-refractivity contribution < 1.29 is 27.8 Å². The minimum absolute atomic E-state index is 0.0465. The first-order valence-corrected chi connectivity index (χ1v) is 14.1. The predicted octanol–water partition coefficient (Wildman–Crippen LogP) is 3.94.